The third-order valence-corrected chi connectivity index (χ3v) is 20.3. The van der Waals surface area contributed by atoms with Gasteiger partial charge in [-0.05, 0) is 87.8 Å². The van der Waals surface area contributed by atoms with Gasteiger partial charge in [-0.15, -0.1) is 0 Å². The van der Waals surface area contributed by atoms with Crippen molar-refractivity contribution in [2.24, 2.45) is 27.9 Å². The van der Waals surface area contributed by atoms with Crippen LogP contribution in [0.1, 0.15) is 185 Å². The number of esters is 1. The summed E-state index contributed by atoms with van der Waals surface area (Å²) in [5.41, 5.74) is 24.3. The fourth-order valence-corrected chi connectivity index (χ4v) is 13.6. The molecule has 39 heteroatoms. The second-order valence-electron chi connectivity index (χ2n) is 29.7. The molecule has 2 aliphatic rings. The fourth-order valence-electron chi connectivity index (χ4n) is 13.6. The number of amides is 13. The molecule has 24 N–H and O–H groups in total. The lowest BCUT2D eigenvalue weighted by Crippen LogP contribution is -2.62. The van der Waals surface area contributed by atoms with Crippen LogP contribution in [0.3, 0.4) is 0 Å². The van der Waals surface area contributed by atoms with Crippen molar-refractivity contribution in [1.82, 2.24) is 68.4 Å². The van der Waals surface area contributed by atoms with Crippen molar-refractivity contribution >= 4 is 106 Å². The smallest absolute Gasteiger partial charge is 0.320 e. The van der Waals surface area contributed by atoms with Crippen molar-refractivity contribution < 1.29 is 102 Å². The zero-order valence-electron chi connectivity index (χ0n) is 67.9. The largest absolute Gasteiger partial charge is 0.481 e. The number of unbranched alkanes of at least 4 members (excludes halogenated alkanes) is 11. The first-order chi connectivity index (χ1) is 57.1. The summed E-state index contributed by atoms with van der Waals surface area (Å²) >= 11 is 0. The van der Waals surface area contributed by atoms with Crippen molar-refractivity contribution in [3.05, 3.63) is 71.9 Å². The summed E-state index contributed by atoms with van der Waals surface area (Å²) in [6, 6.07) is -0.270. The number of H-pyrrole nitrogens is 1. The Morgan fingerprint density at radius 2 is 1.21 bits per heavy atom. The molecule has 3 heterocycles. The number of carboxylic acids is 1. The number of aromatic amines is 1. The van der Waals surface area contributed by atoms with Crippen LogP contribution in [0.25, 0.3) is 10.9 Å². The first kappa shape index (κ1) is 98.7. The minimum Gasteiger partial charge on any atom is -0.481 e. The molecule has 3 aromatic rings. The Morgan fingerprint density at radius 1 is 0.613 bits per heavy atom. The molecule has 0 bridgehead atoms. The molecular weight excluding hydrogens is 1550 g/mol. The Kier molecular flexibility index (Phi) is 45.6. The van der Waals surface area contributed by atoms with E-state index in [9.17, 15) is 82.4 Å². The van der Waals surface area contributed by atoms with Crippen molar-refractivity contribution in [3.63, 3.8) is 0 Å². The molecule has 2 fully saturated rings. The highest BCUT2D eigenvalue weighted by molar-refractivity contribution is 6.00. The lowest BCUT2D eigenvalue weighted by molar-refractivity contribution is -0.144. The summed E-state index contributed by atoms with van der Waals surface area (Å²) in [7, 11) is 0. The number of carbonyl (C=O) groups excluding carboxylic acids is 14. The third kappa shape index (κ3) is 37.3. The minimum absolute atomic E-state index is 0.00829. The maximum Gasteiger partial charge on any atom is 0.320 e. The summed E-state index contributed by atoms with van der Waals surface area (Å²) in [5.74, 6) is -13.5. The number of aromatic nitrogens is 1. The number of aliphatic hydroxyl groups excluding tert-OH is 3. The van der Waals surface area contributed by atoms with E-state index in [0.29, 0.717) is 30.4 Å². The Labute approximate surface area is 691 Å². The van der Waals surface area contributed by atoms with Crippen molar-refractivity contribution in [2.45, 2.75) is 253 Å². The van der Waals surface area contributed by atoms with Gasteiger partial charge in [-0.3, -0.25) is 82.2 Å². The number of aliphatic hydroxyl groups is 3. The van der Waals surface area contributed by atoms with E-state index in [-0.39, 0.29) is 128 Å². The number of nitrogens with one attached hydrogen (secondary N) is 12. The summed E-state index contributed by atoms with van der Waals surface area (Å²) in [4.78, 5) is 213. The second kappa shape index (κ2) is 55.0. The van der Waals surface area contributed by atoms with Crippen LogP contribution in [0.5, 0.6) is 0 Å². The molecule has 2 aromatic carbocycles. The van der Waals surface area contributed by atoms with Crippen molar-refractivity contribution in [3.8, 4) is 0 Å². The summed E-state index contributed by atoms with van der Waals surface area (Å²) in [5, 5.41) is 70.5. The number of nitrogens with zero attached hydrogens (tertiary/aromatic N) is 2. The number of hydrogen-bond acceptors (Lipinski definition) is 22. The Balaban J connectivity index is 1.26. The van der Waals surface area contributed by atoms with Gasteiger partial charge < -0.3 is 116 Å². The van der Waals surface area contributed by atoms with Crippen LogP contribution >= 0.6 is 0 Å². The molecule has 5 rings (SSSR count). The number of rotatable bonds is 48. The fraction of sp³-hybridized carbons (Fsp3) is 0.625. The van der Waals surface area contributed by atoms with Gasteiger partial charge in [0.05, 0.1) is 39.1 Å². The maximum atomic E-state index is 15.2. The molecule has 2 aliphatic heterocycles. The molecule has 0 aliphatic carbocycles. The Hall–Kier alpha value is -10.9. The van der Waals surface area contributed by atoms with E-state index in [4.69, 9.17) is 37.5 Å². The van der Waals surface area contributed by atoms with E-state index in [2.05, 4.69) is 68.5 Å². The van der Waals surface area contributed by atoms with Gasteiger partial charge >= 0.3 is 11.9 Å². The monoisotopic (exact) mass is 1670 g/mol. The van der Waals surface area contributed by atoms with Gasteiger partial charge in [0.25, 0.3) is 0 Å². The number of carboxylic acid groups (broad SMARTS) is 1. The molecule has 2 saturated heterocycles. The number of fused-ring (bicyclic) bond motifs is 2. The van der Waals surface area contributed by atoms with Crippen LogP contribution in [0.15, 0.2) is 65.8 Å². The van der Waals surface area contributed by atoms with E-state index < -0.39 is 195 Å². The zero-order valence-corrected chi connectivity index (χ0v) is 67.9. The molecule has 0 radical (unpaired) electrons. The number of carbonyl (C=O) groups is 15. The molecule has 1 aromatic heterocycles. The van der Waals surface area contributed by atoms with Gasteiger partial charge in [0, 0.05) is 81.8 Å². The van der Waals surface area contributed by atoms with E-state index >= 15 is 4.79 Å². The highest BCUT2D eigenvalue weighted by Crippen LogP contribution is 2.24. The Morgan fingerprint density at radius 3 is 1.87 bits per heavy atom. The average molecular weight is 1670 g/mol. The van der Waals surface area contributed by atoms with E-state index in [0.717, 1.165) is 80.0 Å². The quantitative estimate of drug-likeness (QED) is 0.0122. The van der Waals surface area contributed by atoms with Gasteiger partial charge in [0.2, 0.25) is 76.8 Å². The van der Waals surface area contributed by atoms with Crippen LogP contribution in [0.4, 0.5) is 0 Å². The first-order valence-electron chi connectivity index (χ1n) is 41.2. The van der Waals surface area contributed by atoms with Gasteiger partial charge in [-0.2, -0.15) is 0 Å². The summed E-state index contributed by atoms with van der Waals surface area (Å²) < 4.78 is 10.6. The number of para-hydroxylation sites is 1. The Bertz CT molecular complexity index is 3810. The molecule has 660 valence electrons. The van der Waals surface area contributed by atoms with Crippen LogP contribution in [-0.4, -0.2) is 257 Å². The lowest BCUT2D eigenvalue weighted by atomic mass is 10.0. The molecular formula is C80H124N18O21. The standard InChI is InChI=1S/C80H124N18O21/c1-2-3-26-55(92-77(115)62(49-100)97-73(111)57(32-34-64(81)102)93-76(114)61(48-99)89-47-68(107)119-43-42-118-41-39-86-65(103)30-16-11-9-7-5-4-6-8-10-12-17-31-67(105)106)71(109)94-58-33-35-66(104)85-37-21-20-28-54(70(82)108)90-75(113)60(45-51-46-88-53-27-19-18-25-52(51)53)95-72(110)56(29-22-38-87-80(83)84)91-74(112)59(44-50-23-14-13-15-24-50)96-78(116)69-63(101)36-40-98(69)79(58)117/h13-15,18-19,23-25,27,46,54-63,69,88-89,99-101H,2-12,16-17,20-22,26,28-45,47-49H2,1H3,(H2,81,102)(H2,82,108)(H,85,104)(H,86,103)(H,90,113)(H,91,112)(H,92,115)(H,93,114)(H,94,109)(H,95,110)(H,96,116)(H,97,111)(H,105,106)(H4,83,84,87)/t54-,55-,56-,57-,58-,59+,60-,61-,62-,63-,69-/m0/s1. The highest BCUT2D eigenvalue weighted by atomic mass is 16.6. The zero-order chi connectivity index (χ0) is 87.0. The summed E-state index contributed by atoms with van der Waals surface area (Å²) in [6.45, 7) is -1.13. The van der Waals surface area contributed by atoms with E-state index in [1.165, 1.54) is 0 Å². The minimum atomic E-state index is -1.88. The number of primary amides is 2. The number of hydrogen-bond donors (Lipinski definition) is 20. The van der Waals surface area contributed by atoms with Crippen LogP contribution in [0.2, 0.25) is 0 Å². The number of guanidine groups is 1. The molecule has 13 amide bonds. The van der Waals surface area contributed by atoms with E-state index in [1.807, 2.05) is 12.1 Å². The lowest BCUT2D eigenvalue weighted by Gasteiger charge is -2.32. The normalized spacial score (nSPS) is 19.6. The van der Waals surface area contributed by atoms with Gasteiger partial charge in [-0.25, -0.2) is 0 Å². The van der Waals surface area contributed by atoms with Crippen molar-refractivity contribution in [2.75, 3.05) is 65.8 Å². The highest BCUT2D eigenvalue weighted by Gasteiger charge is 2.45. The van der Waals surface area contributed by atoms with Crippen molar-refractivity contribution in [1.29, 1.82) is 0 Å². The molecule has 0 saturated carbocycles. The number of nitrogens with two attached hydrogens (primary N) is 4. The second-order valence-corrected chi connectivity index (χ2v) is 29.7. The maximum absolute atomic E-state index is 15.2. The van der Waals surface area contributed by atoms with Gasteiger partial charge in [0.15, 0.2) is 5.96 Å². The van der Waals surface area contributed by atoms with Crippen LogP contribution < -0.4 is 81.4 Å². The van der Waals surface area contributed by atoms with Crippen LogP contribution in [0, 0.1) is 0 Å². The predicted molar refractivity (Wildman–Crippen MR) is 435 cm³/mol. The third-order valence-electron chi connectivity index (χ3n) is 20.3. The summed E-state index contributed by atoms with van der Waals surface area (Å²) in [6.07, 6.45) is 10.0. The van der Waals surface area contributed by atoms with Gasteiger partial charge in [-0.1, -0.05) is 126 Å². The predicted octanol–water partition coefficient (Wildman–Crippen LogP) is -2.36. The molecule has 119 heavy (non-hydrogen) atoms. The number of ether oxygens (including phenoxy) is 2. The number of aliphatic carboxylic acids is 1. The van der Waals surface area contributed by atoms with Crippen LogP contribution in [-0.2, 0) is 94.2 Å². The van der Waals surface area contributed by atoms with Gasteiger partial charge in [0.1, 0.15) is 67.0 Å². The SMILES string of the molecule is CCCC[C@H](NC(=O)[C@H](CO)NC(=O)[C@H](CCC(N)=O)NC(=O)[C@H](CO)NCC(=O)OCCOCCNC(=O)CCCCCCCCCCCCCC(=O)O)C(=O)N[C@H]1CCC(=O)NCCCC[C@@H](C(N)=O)NC(=O)[C@H](Cc2c[nH]c3ccccc23)NC(=O)[C@H](CCCN=C(N)N)NC(=O)[C@@H](Cc2ccccc2)NC(=O)[C@@H]2[C@@H](O)CCN2C1=O. The molecule has 0 unspecified atom stereocenters. The van der Waals surface area contributed by atoms with E-state index in [1.54, 1.807) is 55.6 Å². The first-order valence-corrected chi connectivity index (χ1v) is 41.2. The number of benzene rings is 2. The average Bonchev–Trinajstić information content (AvgIpc) is 1.69. The molecule has 11 atom stereocenters. The molecule has 0 spiro atoms. The number of aliphatic imine (C=N–C) groups is 1. The molecule has 39 nitrogen and oxygen atoms in total. The topological polar surface area (TPSA) is 623 Å².